The van der Waals surface area contributed by atoms with Crippen LogP contribution in [-0.4, -0.2) is 47.9 Å². The van der Waals surface area contributed by atoms with E-state index in [4.69, 9.17) is 5.73 Å². The molecule has 1 aromatic carbocycles. The number of fused-ring (bicyclic) bond motifs is 3. The van der Waals surface area contributed by atoms with E-state index in [1.165, 1.54) is 21.5 Å². The predicted molar refractivity (Wildman–Crippen MR) is 94.9 cm³/mol. The largest absolute Gasteiger partial charge is 0.369 e. The molecule has 6 nitrogen and oxygen atoms in total. The van der Waals surface area contributed by atoms with Gasteiger partial charge in [0.25, 0.3) is 5.91 Å². The summed E-state index contributed by atoms with van der Waals surface area (Å²) < 4.78 is 0. The topological polar surface area (TPSA) is 83.6 Å². The number of nitrogens with two attached hydrogens (primary N) is 1. The first-order valence-electron chi connectivity index (χ1n) is 9.11. The molecule has 3 heterocycles. The Morgan fingerprint density at radius 1 is 1.24 bits per heavy atom. The lowest BCUT2D eigenvalue weighted by molar-refractivity contribution is -0.898. The van der Waals surface area contributed by atoms with E-state index in [0.717, 1.165) is 44.4 Å². The second-order valence-electron chi connectivity index (χ2n) is 7.30. The highest BCUT2D eigenvalue weighted by Crippen LogP contribution is 2.27. The van der Waals surface area contributed by atoms with Gasteiger partial charge in [-0.3, -0.25) is 9.59 Å². The van der Waals surface area contributed by atoms with Crippen molar-refractivity contribution in [3.8, 4) is 0 Å². The molecule has 25 heavy (non-hydrogen) atoms. The number of piperidine rings is 1. The van der Waals surface area contributed by atoms with Crippen molar-refractivity contribution in [2.24, 2.45) is 11.7 Å². The summed E-state index contributed by atoms with van der Waals surface area (Å²) in [6, 6.07) is 8.29. The smallest absolute Gasteiger partial charge is 0.278 e. The molecule has 2 aliphatic heterocycles. The predicted octanol–water partition coefficient (Wildman–Crippen LogP) is -0.167. The number of carbonyl (C=O) groups excluding carboxylic acids is 2. The van der Waals surface area contributed by atoms with Crippen molar-refractivity contribution in [2.45, 2.75) is 25.8 Å². The maximum absolute atomic E-state index is 12.8. The third-order valence-corrected chi connectivity index (χ3v) is 5.73. The van der Waals surface area contributed by atoms with Crippen LogP contribution in [0.2, 0.25) is 0 Å². The quantitative estimate of drug-likeness (QED) is 0.724. The highest BCUT2D eigenvalue weighted by molar-refractivity contribution is 5.86. The van der Waals surface area contributed by atoms with Crippen molar-refractivity contribution in [3.63, 3.8) is 0 Å². The first-order chi connectivity index (χ1) is 12.1. The van der Waals surface area contributed by atoms with Crippen LogP contribution in [0.25, 0.3) is 10.9 Å². The molecule has 2 aliphatic rings. The summed E-state index contributed by atoms with van der Waals surface area (Å²) in [5.41, 5.74) is 9.06. The number of hydrogen-bond acceptors (Lipinski definition) is 2. The van der Waals surface area contributed by atoms with Gasteiger partial charge >= 0.3 is 0 Å². The molecule has 0 unspecified atom stereocenters. The first kappa shape index (κ1) is 16.1. The maximum Gasteiger partial charge on any atom is 0.278 e. The monoisotopic (exact) mass is 341 g/mol. The Bertz CT molecular complexity index is 805. The molecule has 4 rings (SSSR count). The van der Waals surface area contributed by atoms with Crippen LogP contribution in [0.15, 0.2) is 24.3 Å². The van der Waals surface area contributed by atoms with Gasteiger partial charge in [0.05, 0.1) is 13.1 Å². The fourth-order valence-corrected chi connectivity index (χ4v) is 4.19. The van der Waals surface area contributed by atoms with E-state index in [2.05, 4.69) is 17.1 Å². The van der Waals surface area contributed by atoms with E-state index < -0.39 is 0 Å². The second kappa shape index (κ2) is 6.52. The number of amides is 2. The van der Waals surface area contributed by atoms with E-state index in [1.54, 1.807) is 0 Å². The molecule has 0 spiro atoms. The second-order valence-corrected chi connectivity index (χ2v) is 7.30. The van der Waals surface area contributed by atoms with E-state index in [1.807, 2.05) is 17.0 Å². The summed E-state index contributed by atoms with van der Waals surface area (Å²) in [6.45, 7) is 3.69. The molecule has 1 aromatic heterocycles. The average Bonchev–Trinajstić information content (AvgIpc) is 3.00. The van der Waals surface area contributed by atoms with Gasteiger partial charge in [-0.1, -0.05) is 18.2 Å². The lowest BCUT2D eigenvalue weighted by atomic mass is 9.96. The number of likely N-dealkylation sites (tertiary alicyclic amines) is 1. The summed E-state index contributed by atoms with van der Waals surface area (Å²) in [5.74, 6) is -0.000606. The minimum atomic E-state index is -0.201. The SMILES string of the molecule is NC(=O)C1CC[NH+](CC(=O)N2CCc3[nH]c4ccccc4c3C2)CC1. The third-order valence-electron chi connectivity index (χ3n) is 5.73. The number of nitrogens with zero attached hydrogens (tertiary/aromatic N) is 1. The zero-order chi connectivity index (χ0) is 17.4. The molecule has 4 N–H and O–H groups in total. The Morgan fingerprint density at radius 2 is 2.00 bits per heavy atom. The Morgan fingerprint density at radius 3 is 2.76 bits per heavy atom. The summed E-state index contributed by atoms with van der Waals surface area (Å²) in [4.78, 5) is 30.8. The molecule has 2 amide bonds. The summed E-state index contributed by atoms with van der Waals surface area (Å²) in [5, 5.41) is 1.23. The van der Waals surface area contributed by atoms with E-state index in [0.29, 0.717) is 13.1 Å². The van der Waals surface area contributed by atoms with Gasteiger partial charge in [-0.15, -0.1) is 0 Å². The summed E-state index contributed by atoms with van der Waals surface area (Å²) >= 11 is 0. The lowest BCUT2D eigenvalue weighted by Crippen LogP contribution is -3.14. The number of aromatic amines is 1. The number of hydrogen-bond donors (Lipinski definition) is 3. The number of carbonyl (C=O) groups is 2. The van der Waals surface area contributed by atoms with Crippen molar-refractivity contribution in [1.82, 2.24) is 9.88 Å². The van der Waals surface area contributed by atoms with Crippen molar-refractivity contribution >= 4 is 22.7 Å². The van der Waals surface area contributed by atoms with Crippen molar-refractivity contribution in [1.29, 1.82) is 0 Å². The van der Waals surface area contributed by atoms with Crippen LogP contribution in [-0.2, 0) is 22.6 Å². The Labute approximate surface area is 147 Å². The molecule has 1 saturated heterocycles. The number of H-pyrrole nitrogens is 1. The van der Waals surface area contributed by atoms with Gasteiger partial charge in [-0.05, 0) is 6.07 Å². The van der Waals surface area contributed by atoms with Gasteiger partial charge in [0.15, 0.2) is 6.54 Å². The number of primary amides is 1. The van der Waals surface area contributed by atoms with Crippen LogP contribution in [0.5, 0.6) is 0 Å². The highest BCUT2D eigenvalue weighted by Gasteiger charge is 2.30. The summed E-state index contributed by atoms with van der Waals surface area (Å²) in [7, 11) is 0. The minimum Gasteiger partial charge on any atom is -0.369 e. The van der Waals surface area contributed by atoms with Crippen molar-refractivity contribution in [2.75, 3.05) is 26.2 Å². The molecule has 2 aromatic rings. The number of quaternary nitrogens is 1. The van der Waals surface area contributed by atoms with Gasteiger partial charge < -0.3 is 20.5 Å². The molecule has 6 heteroatoms. The van der Waals surface area contributed by atoms with Crippen LogP contribution in [0, 0.1) is 5.92 Å². The van der Waals surface area contributed by atoms with Gasteiger partial charge in [0.1, 0.15) is 0 Å². The number of benzene rings is 1. The lowest BCUT2D eigenvalue weighted by Gasteiger charge is -2.31. The maximum atomic E-state index is 12.8. The van der Waals surface area contributed by atoms with Crippen molar-refractivity contribution in [3.05, 3.63) is 35.5 Å². The van der Waals surface area contributed by atoms with E-state index in [-0.39, 0.29) is 17.7 Å². The molecule has 0 bridgehead atoms. The average molecular weight is 341 g/mol. The number of rotatable bonds is 3. The zero-order valence-corrected chi connectivity index (χ0v) is 14.4. The highest BCUT2D eigenvalue weighted by atomic mass is 16.2. The van der Waals surface area contributed by atoms with Crippen LogP contribution >= 0.6 is 0 Å². The van der Waals surface area contributed by atoms with E-state index >= 15 is 0 Å². The molecule has 132 valence electrons. The molecule has 0 saturated carbocycles. The molecular formula is C19H25N4O2+. The van der Waals surface area contributed by atoms with E-state index in [9.17, 15) is 9.59 Å². The fourth-order valence-electron chi connectivity index (χ4n) is 4.19. The standard InChI is InChI=1S/C19H24N4O2/c20-19(25)13-5-8-22(9-6-13)12-18(24)23-10-7-17-15(11-23)14-3-1-2-4-16(14)21-17/h1-4,13,21H,5-12H2,(H2,20,25)/p+1. The normalized spacial score (nSPS) is 23.4. The fraction of sp³-hybridized carbons (Fsp3) is 0.474. The summed E-state index contributed by atoms with van der Waals surface area (Å²) in [6.07, 6.45) is 2.48. The number of aromatic nitrogens is 1. The Hall–Kier alpha value is -2.34. The zero-order valence-electron chi connectivity index (χ0n) is 14.4. The molecule has 1 fully saturated rings. The first-order valence-corrected chi connectivity index (χ1v) is 9.11. The van der Waals surface area contributed by atoms with Gasteiger partial charge in [-0.2, -0.15) is 0 Å². The Kier molecular flexibility index (Phi) is 4.21. The molecule has 0 radical (unpaired) electrons. The van der Waals surface area contributed by atoms with Crippen molar-refractivity contribution < 1.29 is 14.5 Å². The Balaban J connectivity index is 1.40. The van der Waals surface area contributed by atoms with Crippen LogP contribution in [0.1, 0.15) is 24.1 Å². The molecule has 0 atom stereocenters. The molecular weight excluding hydrogens is 316 g/mol. The van der Waals surface area contributed by atoms with Crippen LogP contribution in [0.4, 0.5) is 0 Å². The minimum absolute atomic E-state index is 0.0115. The third kappa shape index (κ3) is 3.14. The van der Waals surface area contributed by atoms with Crippen LogP contribution in [0.3, 0.4) is 0 Å². The number of nitrogens with one attached hydrogen (secondary N) is 2. The van der Waals surface area contributed by atoms with Gasteiger partial charge in [0, 0.05) is 60.4 Å². The van der Waals surface area contributed by atoms with Gasteiger partial charge in [-0.25, -0.2) is 0 Å². The molecule has 0 aliphatic carbocycles. The van der Waals surface area contributed by atoms with Crippen LogP contribution < -0.4 is 10.6 Å². The number of para-hydroxylation sites is 1. The van der Waals surface area contributed by atoms with Gasteiger partial charge in [0.2, 0.25) is 5.91 Å².